The number of aromatic nitrogens is 2. The summed E-state index contributed by atoms with van der Waals surface area (Å²) in [4.78, 5) is 20.0. The van der Waals surface area contributed by atoms with Gasteiger partial charge in [-0.3, -0.25) is 4.79 Å². The second-order valence-electron chi connectivity index (χ2n) is 5.70. The number of ether oxygens (including phenoxy) is 3. The summed E-state index contributed by atoms with van der Waals surface area (Å²) in [7, 11) is 1.61. The SMILES string of the molecule is COCc1nc2ccc(NC(=O)C3COc4ccccc4O3)cc2[nH]1. The summed E-state index contributed by atoms with van der Waals surface area (Å²) in [6, 6.07) is 12.8. The van der Waals surface area contributed by atoms with Gasteiger partial charge in [0.05, 0.1) is 11.0 Å². The Morgan fingerprint density at radius 1 is 1.32 bits per heavy atom. The second-order valence-corrected chi connectivity index (χ2v) is 5.70. The van der Waals surface area contributed by atoms with Crippen LogP contribution in [-0.2, 0) is 16.1 Å². The highest BCUT2D eigenvalue weighted by Gasteiger charge is 2.27. The Hall–Kier alpha value is -3.06. The summed E-state index contributed by atoms with van der Waals surface area (Å²) >= 11 is 0. The Labute approximate surface area is 143 Å². The van der Waals surface area contributed by atoms with Gasteiger partial charge in [0.1, 0.15) is 19.0 Å². The Kier molecular flexibility index (Phi) is 3.99. The molecule has 2 heterocycles. The van der Waals surface area contributed by atoms with E-state index in [-0.39, 0.29) is 12.5 Å². The number of nitrogens with one attached hydrogen (secondary N) is 2. The van der Waals surface area contributed by atoms with E-state index in [0.29, 0.717) is 23.8 Å². The van der Waals surface area contributed by atoms with E-state index < -0.39 is 6.10 Å². The van der Waals surface area contributed by atoms with Crippen LogP contribution in [0.2, 0.25) is 0 Å². The molecule has 1 aromatic heterocycles. The van der Waals surface area contributed by atoms with Gasteiger partial charge in [0.15, 0.2) is 11.5 Å². The Morgan fingerprint density at radius 3 is 3.00 bits per heavy atom. The van der Waals surface area contributed by atoms with Crippen LogP contribution in [0.1, 0.15) is 5.82 Å². The lowest BCUT2D eigenvalue weighted by Crippen LogP contribution is -2.40. The lowest BCUT2D eigenvalue weighted by molar-refractivity contribution is -0.125. The maximum atomic E-state index is 12.5. The average Bonchev–Trinajstić information content (AvgIpc) is 3.03. The van der Waals surface area contributed by atoms with Crippen LogP contribution in [0.25, 0.3) is 11.0 Å². The van der Waals surface area contributed by atoms with Crippen LogP contribution in [-0.4, -0.2) is 35.7 Å². The van der Waals surface area contributed by atoms with E-state index in [1.807, 2.05) is 30.3 Å². The molecule has 0 saturated carbocycles. The van der Waals surface area contributed by atoms with E-state index in [2.05, 4.69) is 15.3 Å². The normalized spacial score (nSPS) is 16.0. The molecule has 1 amide bonds. The molecule has 7 nitrogen and oxygen atoms in total. The molecule has 4 rings (SSSR count). The van der Waals surface area contributed by atoms with Gasteiger partial charge in [-0.15, -0.1) is 0 Å². The summed E-state index contributed by atoms with van der Waals surface area (Å²) in [5.74, 6) is 1.70. The molecule has 25 heavy (non-hydrogen) atoms. The third kappa shape index (κ3) is 3.14. The molecule has 0 bridgehead atoms. The molecule has 0 radical (unpaired) electrons. The summed E-state index contributed by atoms with van der Waals surface area (Å²) in [6.07, 6.45) is -0.698. The first kappa shape index (κ1) is 15.5. The summed E-state index contributed by atoms with van der Waals surface area (Å²) in [6.45, 7) is 0.580. The molecule has 3 aromatic rings. The number of para-hydroxylation sites is 2. The van der Waals surface area contributed by atoms with Gasteiger partial charge >= 0.3 is 0 Å². The van der Waals surface area contributed by atoms with Gasteiger partial charge in [0, 0.05) is 12.8 Å². The van der Waals surface area contributed by atoms with E-state index in [9.17, 15) is 4.79 Å². The van der Waals surface area contributed by atoms with Crippen molar-refractivity contribution in [3.63, 3.8) is 0 Å². The maximum absolute atomic E-state index is 12.5. The van der Waals surface area contributed by atoms with Crippen LogP contribution < -0.4 is 14.8 Å². The number of H-pyrrole nitrogens is 1. The topological polar surface area (TPSA) is 85.5 Å². The number of benzene rings is 2. The lowest BCUT2D eigenvalue weighted by Gasteiger charge is -2.25. The van der Waals surface area contributed by atoms with Crippen molar-refractivity contribution in [2.75, 3.05) is 19.0 Å². The summed E-state index contributed by atoms with van der Waals surface area (Å²) < 4.78 is 16.4. The highest BCUT2D eigenvalue weighted by Crippen LogP contribution is 2.31. The monoisotopic (exact) mass is 339 g/mol. The van der Waals surface area contributed by atoms with Crippen molar-refractivity contribution >= 4 is 22.6 Å². The van der Waals surface area contributed by atoms with Crippen LogP contribution in [0, 0.1) is 0 Å². The fraction of sp³-hybridized carbons (Fsp3) is 0.222. The minimum Gasteiger partial charge on any atom is -0.485 e. The number of fused-ring (bicyclic) bond motifs is 2. The first-order valence-corrected chi connectivity index (χ1v) is 7.90. The first-order valence-electron chi connectivity index (χ1n) is 7.90. The van der Waals surface area contributed by atoms with E-state index in [0.717, 1.165) is 16.9 Å². The van der Waals surface area contributed by atoms with Crippen molar-refractivity contribution in [2.24, 2.45) is 0 Å². The van der Waals surface area contributed by atoms with E-state index in [1.54, 1.807) is 19.2 Å². The van der Waals surface area contributed by atoms with Gasteiger partial charge in [0.25, 0.3) is 5.91 Å². The predicted molar refractivity (Wildman–Crippen MR) is 91.8 cm³/mol. The van der Waals surface area contributed by atoms with Gasteiger partial charge < -0.3 is 24.5 Å². The van der Waals surface area contributed by atoms with Crippen molar-refractivity contribution in [3.8, 4) is 11.5 Å². The van der Waals surface area contributed by atoms with Crippen LogP contribution in [0.15, 0.2) is 42.5 Å². The zero-order chi connectivity index (χ0) is 17.2. The largest absolute Gasteiger partial charge is 0.485 e. The second kappa shape index (κ2) is 6.45. The van der Waals surface area contributed by atoms with Gasteiger partial charge in [0.2, 0.25) is 6.10 Å². The molecular weight excluding hydrogens is 322 g/mol. The standard InChI is InChI=1S/C18H17N3O4/c1-23-10-17-20-12-7-6-11(8-13(12)21-17)19-18(22)16-9-24-14-4-2-3-5-15(14)25-16/h2-8,16H,9-10H2,1H3,(H,19,22)(H,20,21). The number of carbonyl (C=O) groups excluding carboxylic acids is 1. The van der Waals surface area contributed by atoms with Crippen LogP contribution in [0.4, 0.5) is 5.69 Å². The van der Waals surface area contributed by atoms with E-state index in [1.165, 1.54) is 0 Å². The minimum atomic E-state index is -0.698. The van der Waals surface area contributed by atoms with Crippen molar-refractivity contribution in [1.82, 2.24) is 9.97 Å². The highest BCUT2D eigenvalue weighted by atomic mass is 16.6. The fourth-order valence-corrected chi connectivity index (χ4v) is 2.72. The molecule has 0 spiro atoms. The van der Waals surface area contributed by atoms with Gasteiger partial charge in [-0.2, -0.15) is 0 Å². The molecule has 1 aliphatic heterocycles. The highest BCUT2D eigenvalue weighted by molar-refractivity contribution is 5.96. The third-order valence-electron chi connectivity index (χ3n) is 3.88. The van der Waals surface area contributed by atoms with Crippen molar-refractivity contribution in [2.45, 2.75) is 12.7 Å². The molecular formula is C18H17N3O4. The number of imidazole rings is 1. The predicted octanol–water partition coefficient (Wildman–Crippen LogP) is 2.49. The minimum absolute atomic E-state index is 0.174. The quantitative estimate of drug-likeness (QED) is 0.763. The first-order chi connectivity index (χ1) is 12.2. The number of aromatic amines is 1. The van der Waals surface area contributed by atoms with Crippen molar-refractivity contribution < 1.29 is 19.0 Å². The number of methoxy groups -OCH3 is 1. The lowest BCUT2D eigenvalue weighted by atomic mass is 10.2. The van der Waals surface area contributed by atoms with Gasteiger partial charge in [-0.25, -0.2) is 4.98 Å². The number of amides is 1. The van der Waals surface area contributed by atoms with E-state index in [4.69, 9.17) is 14.2 Å². The molecule has 2 aromatic carbocycles. The molecule has 1 unspecified atom stereocenters. The number of nitrogens with zero attached hydrogens (tertiary/aromatic N) is 1. The zero-order valence-corrected chi connectivity index (χ0v) is 13.6. The maximum Gasteiger partial charge on any atom is 0.269 e. The van der Waals surface area contributed by atoms with Crippen LogP contribution in [0.5, 0.6) is 11.5 Å². The van der Waals surface area contributed by atoms with Gasteiger partial charge in [-0.05, 0) is 30.3 Å². The molecule has 7 heteroatoms. The molecule has 0 fully saturated rings. The van der Waals surface area contributed by atoms with E-state index >= 15 is 0 Å². The third-order valence-corrected chi connectivity index (χ3v) is 3.88. The average molecular weight is 339 g/mol. The molecule has 1 aliphatic rings. The number of hydrogen-bond acceptors (Lipinski definition) is 5. The molecule has 1 atom stereocenters. The van der Waals surface area contributed by atoms with Crippen molar-refractivity contribution in [3.05, 3.63) is 48.3 Å². The van der Waals surface area contributed by atoms with Crippen LogP contribution >= 0.6 is 0 Å². The number of rotatable bonds is 4. The summed E-state index contributed by atoms with van der Waals surface area (Å²) in [5.41, 5.74) is 2.31. The number of carbonyl (C=O) groups is 1. The van der Waals surface area contributed by atoms with Gasteiger partial charge in [-0.1, -0.05) is 12.1 Å². The Balaban J connectivity index is 1.48. The van der Waals surface area contributed by atoms with Crippen molar-refractivity contribution in [1.29, 1.82) is 0 Å². The molecule has 0 aliphatic carbocycles. The molecule has 2 N–H and O–H groups in total. The Bertz CT molecular complexity index is 922. The number of hydrogen-bond donors (Lipinski definition) is 2. The Morgan fingerprint density at radius 2 is 2.16 bits per heavy atom. The molecule has 128 valence electrons. The zero-order valence-electron chi connectivity index (χ0n) is 13.6. The van der Waals surface area contributed by atoms with Crippen LogP contribution in [0.3, 0.4) is 0 Å². The molecule has 0 saturated heterocycles. The smallest absolute Gasteiger partial charge is 0.269 e. The fourth-order valence-electron chi connectivity index (χ4n) is 2.72. The number of anilines is 1. The summed E-state index contributed by atoms with van der Waals surface area (Å²) in [5, 5.41) is 2.85.